The van der Waals surface area contributed by atoms with Gasteiger partial charge in [0.25, 0.3) is 0 Å². The monoisotopic (exact) mass is 639 g/mol. The number of carbonyl (C=O) groups is 1. The first-order valence-electron chi connectivity index (χ1n) is 15.2. The van der Waals surface area contributed by atoms with Crippen LogP contribution >= 0.6 is 23.2 Å². The summed E-state index contributed by atoms with van der Waals surface area (Å²) in [5.41, 5.74) is 3.96. The van der Waals surface area contributed by atoms with Crippen molar-refractivity contribution < 1.29 is 13.2 Å². The standard InChI is InChI=1S/C34H39Cl2N3O3S/c1-43(41,42)39-25-34(28-10-5-6-11-31(28)39)17-20-37(21-18-34)19-7-15-33(27-12-13-29(35)30(36)22-27)16-14-32(40)38(24-33)23-26-8-3-2-4-9-26/h2-6,8-13,22H,7,14-21,23-25H2,1H3/t33-/m0/s1. The van der Waals surface area contributed by atoms with Crippen LogP contribution in [0.5, 0.6) is 0 Å². The molecule has 0 unspecified atom stereocenters. The van der Waals surface area contributed by atoms with E-state index in [1.165, 1.54) is 11.8 Å². The summed E-state index contributed by atoms with van der Waals surface area (Å²) in [6, 6.07) is 24.1. The summed E-state index contributed by atoms with van der Waals surface area (Å²) in [5.74, 6) is 0.195. The van der Waals surface area contributed by atoms with Crippen LogP contribution in [0.4, 0.5) is 5.69 Å². The van der Waals surface area contributed by atoms with E-state index >= 15 is 0 Å². The van der Waals surface area contributed by atoms with Crippen molar-refractivity contribution in [2.75, 3.05) is 43.3 Å². The molecule has 3 aliphatic heterocycles. The Labute approximate surface area is 265 Å². The molecule has 9 heteroatoms. The van der Waals surface area contributed by atoms with Gasteiger partial charge < -0.3 is 9.80 Å². The molecule has 0 aliphatic carbocycles. The molecule has 43 heavy (non-hydrogen) atoms. The van der Waals surface area contributed by atoms with Crippen molar-refractivity contribution >= 4 is 44.8 Å². The summed E-state index contributed by atoms with van der Waals surface area (Å²) in [5, 5.41) is 1.09. The number of carbonyl (C=O) groups excluding carboxylic acids is 1. The third-order valence-electron chi connectivity index (χ3n) is 9.95. The van der Waals surface area contributed by atoms with Crippen LogP contribution < -0.4 is 4.31 Å². The van der Waals surface area contributed by atoms with E-state index in [9.17, 15) is 13.2 Å². The SMILES string of the molecule is CS(=O)(=O)N1CC2(CCN(CCC[C@]3(c4ccc(Cl)c(Cl)c4)CCC(=O)N(Cc4ccccc4)C3)CC2)c2ccccc21. The number of hydrogen-bond donors (Lipinski definition) is 0. The zero-order valence-corrected chi connectivity index (χ0v) is 27.0. The van der Waals surface area contributed by atoms with Gasteiger partial charge in [-0.2, -0.15) is 0 Å². The Morgan fingerprint density at radius 1 is 0.860 bits per heavy atom. The highest BCUT2D eigenvalue weighted by atomic mass is 35.5. The lowest BCUT2D eigenvalue weighted by Crippen LogP contribution is -2.49. The lowest BCUT2D eigenvalue weighted by Gasteiger charge is -2.44. The summed E-state index contributed by atoms with van der Waals surface area (Å²) in [7, 11) is -3.32. The van der Waals surface area contributed by atoms with Gasteiger partial charge >= 0.3 is 0 Å². The average Bonchev–Trinajstić information content (AvgIpc) is 3.32. The van der Waals surface area contributed by atoms with Crippen LogP contribution in [0.1, 0.15) is 55.2 Å². The molecule has 1 amide bonds. The molecule has 0 bridgehead atoms. The summed E-state index contributed by atoms with van der Waals surface area (Å²) >= 11 is 12.8. The minimum atomic E-state index is -3.32. The molecule has 0 saturated carbocycles. The molecular weight excluding hydrogens is 601 g/mol. The number of para-hydroxylation sites is 1. The van der Waals surface area contributed by atoms with Gasteiger partial charge in [0, 0.05) is 36.9 Å². The van der Waals surface area contributed by atoms with Gasteiger partial charge in [0.2, 0.25) is 15.9 Å². The van der Waals surface area contributed by atoms with E-state index in [4.69, 9.17) is 23.2 Å². The number of amides is 1. The molecule has 0 radical (unpaired) electrons. The Kier molecular flexibility index (Phi) is 8.55. The van der Waals surface area contributed by atoms with Crippen molar-refractivity contribution in [1.29, 1.82) is 0 Å². The summed E-state index contributed by atoms with van der Waals surface area (Å²) < 4.78 is 26.8. The number of sulfonamides is 1. The van der Waals surface area contributed by atoms with Gasteiger partial charge in [0.05, 0.1) is 22.0 Å². The molecule has 0 N–H and O–H groups in total. The second kappa shape index (κ2) is 12.1. The van der Waals surface area contributed by atoms with Crippen molar-refractivity contribution in [1.82, 2.24) is 9.80 Å². The first kappa shape index (κ1) is 30.4. The van der Waals surface area contributed by atoms with Crippen molar-refractivity contribution in [3.05, 3.63) is 99.5 Å². The lowest BCUT2D eigenvalue weighted by molar-refractivity contribution is -0.136. The molecule has 3 aliphatic rings. The molecule has 2 fully saturated rings. The van der Waals surface area contributed by atoms with Crippen LogP contribution in [-0.2, 0) is 32.2 Å². The fourth-order valence-electron chi connectivity index (χ4n) is 7.55. The van der Waals surface area contributed by atoms with Gasteiger partial charge in [-0.15, -0.1) is 0 Å². The average molecular weight is 641 g/mol. The van der Waals surface area contributed by atoms with E-state index in [-0.39, 0.29) is 16.7 Å². The summed E-state index contributed by atoms with van der Waals surface area (Å²) in [6.45, 7) is 4.62. The van der Waals surface area contributed by atoms with Gasteiger partial charge in [0.1, 0.15) is 0 Å². The fourth-order valence-corrected chi connectivity index (χ4v) is 8.84. The molecule has 1 atom stereocenters. The van der Waals surface area contributed by atoms with Crippen molar-refractivity contribution in [3.8, 4) is 0 Å². The van der Waals surface area contributed by atoms with E-state index in [1.54, 1.807) is 4.31 Å². The van der Waals surface area contributed by atoms with Gasteiger partial charge in [0.15, 0.2) is 0 Å². The molecule has 0 aromatic heterocycles. The Bertz CT molecular complexity index is 1590. The van der Waals surface area contributed by atoms with Crippen LogP contribution in [0, 0.1) is 0 Å². The largest absolute Gasteiger partial charge is 0.337 e. The second-order valence-electron chi connectivity index (χ2n) is 12.7. The summed E-state index contributed by atoms with van der Waals surface area (Å²) in [6.07, 6.45) is 6.41. The van der Waals surface area contributed by atoms with E-state index < -0.39 is 10.0 Å². The Morgan fingerprint density at radius 3 is 2.30 bits per heavy atom. The van der Waals surface area contributed by atoms with Gasteiger partial charge in [-0.05, 0) is 86.6 Å². The zero-order chi connectivity index (χ0) is 30.2. The molecule has 3 heterocycles. The highest BCUT2D eigenvalue weighted by Crippen LogP contribution is 2.48. The highest BCUT2D eigenvalue weighted by Gasteiger charge is 2.47. The molecule has 2 saturated heterocycles. The predicted molar refractivity (Wildman–Crippen MR) is 174 cm³/mol. The quantitative estimate of drug-likeness (QED) is 0.277. The van der Waals surface area contributed by atoms with Crippen molar-refractivity contribution in [2.45, 2.75) is 55.9 Å². The summed E-state index contributed by atoms with van der Waals surface area (Å²) in [4.78, 5) is 17.6. The smallest absolute Gasteiger partial charge is 0.232 e. The maximum Gasteiger partial charge on any atom is 0.232 e. The van der Waals surface area contributed by atoms with E-state index in [0.717, 1.165) is 68.6 Å². The van der Waals surface area contributed by atoms with E-state index in [2.05, 4.69) is 29.2 Å². The van der Waals surface area contributed by atoms with E-state index in [0.29, 0.717) is 36.1 Å². The minimum Gasteiger partial charge on any atom is -0.337 e. The number of nitrogens with zero attached hydrogens (tertiary/aromatic N) is 3. The van der Waals surface area contributed by atoms with Crippen molar-refractivity contribution in [2.24, 2.45) is 0 Å². The fraction of sp³-hybridized carbons (Fsp3) is 0.441. The number of halogens is 2. The second-order valence-corrected chi connectivity index (χ2v) is 15.4. The third kappa shape index (κ3) is 6.19. The maximum absolute atomic E-state index is 13.1. The first-order valence-corrected chi connectivity index (χ1v) is 17.8. The van der Waals surface area contributed by atoms with Crippen LogP contribution in [-0.4, -0.2) is 63.1 Å². The molecule has 1 spiro atoms. The number of likely N-dealkylation sites (tertiary alicyclic amines) is 2. The van der Waals surface area contributed by atoms with Crippen LogP contribution in [0.15, 0.2) is 72.8 Å². The van der Waals surface area contributed by atoms with Gasteiger partial charge in [-0.25, -0.2) is 8.42 Å². The predicted octanol–water partition coefficient (Wildman–Crippen LogP) is 6.65. The normalized spacial score (nSPS) is 22.3. The van der Waals surface area contributed by atoms with E-state index in [1.807, 2.05) is 53.4 Å². The van der Waals surface area contributed by atoms with Crippen LogP contribution in [0.3, 0.4) is 0 Å². The highest BCUT2D eigenvalue weighted by molar-refractivity contribution is 7.92. The van der Waals surface area contributed by atoms with Crippen LogP contribution in [0.25, 0.3) is 0 Å². The third-order valence-corrected chi connectivity index (χ3v) is 11.8. The molecule has 228 valence electrons. The lowest BCUT2D eigenvalue weighted by atomic mass is 9.70. The van der Waals surface area contributed by atoms with Gasteiger partial charge in [-0.3, -0.25) is 9.10 Å². The number of piperidine rings is 2. The number of anilines is 1. The Balaban J connectivity index is 1.15. The Morgan fingerprint density at radius 2 is 1.58 bits per heavy atom. The molecule has 3 aromatic rings. The van der Waals surface area contributed by atoms with Gasteiger partial charge in [-0.1, -0.05) is 77.8 Å². The molecule has 6 rings (SSSR count). The topological polar surface area (TPSA) is 60.9 Å². The minimum absolute atomic E-state index is 0.126. The molecule has 3 aromatic carbocycles. The van der Waals surface area contributed by atoms with Crippen molar-refractivity contribution in [3.63, 3.8) is 0 Å². The molecule has 6 nitrogen and oxygen atoms in total. The number of benzene rings is 3. The number of hydrogen-bond acceptors (Lipinski definition) is 4. The van der Waals surface area contributed by atoms with Crippen LogP contribution in [0.2, 0.25) is 10.0 Å². The maximum atomic E-state index is 13.1. The molecular formula is C34H39Cl2N3O3S. The first-order chi connectivity index (χ1) is 20.6. The number of rotatable bonds is 8. The number of fused-ring (bicyclic) bond motifs is 2. The zero-order valence-electron chi connectivity index (χ0n) is 24.6. The Hall–Kier alpha value is -2.58.